The highest BCUT2D eigenvalue weighted by atomic mass is 31.2. The molecule has 4 N–H and O–H groups in total. The molecule has 0 unspecified atom stereocenters. The van der Waals surface area contributed by atoms with Crippen LogP contribution in [0.1, 0.15) is 39.6 Å². The van der Waals surface area contributed by atoms with Crippen molar-refractivity contribution in [3.8, 4) is 5.75 Å². The fourth-order valence-electron chi connectivity index (χ4n) is 3.26. The summed E-state index contributed by atoms with van der Waals surface area (Å²) in [5.74, 6) is -1.27. The van der Waals surface area contributed by atoms with Gasteiger partial charge in [0.15, 0.2) is 11.9 Å². The molecule has 36 heavy (non-hydrogen) atoms. The van der Waals surface area contributed by atoms with Crippen molar-refractivity contribution in [1.82, 2.24) is 9.99 Å². The highest BCUT2D eigenvalue weighted by Gasteiger charge is 2.58. The lowest BCUT2D eigenvalue weighted by molar-refractivity contribution is -0.149. The number of benzene rings is 1. The lowest BCUT2D eigenvalue weighted by atomic mass is 9.98. The Labute approximate surface area is 214 Å². The smallest absolute Gasteiger partial charge is 0.459 e. The number of hydrogen-bond acceptors (Lipinski definition) is 9. The number of hydrogen-bond donors (Lipinski definition) is 3. The third-order valence-corrected chi connectivity index (χ3v) is 6.55. The molecular weight excluding hydrogens is 498 g/mol. The minimum Gasteiger partial charge on any atom is -0.462 e. The van der Waals surface area contributed by atoms with E-state index in [9.17, 15) is 19.3 Å². The topological polar surface area (TPSA) is 162 Å². The first kappa shape index (κ1) is 22.6. The van der Waals surface area contributed by atoms with Gasteiger partial charge in [0.25, 0.3) is 0 Å². The van der Waals surface area contributed by atoms with E-state index in [1.54, 1.807) is 19.9 Å². The molecule has 1 aromatic rings. The molecule has 6 atom stereocenters. The van der Waals surface area contributed by atoms with Gasteiger partial charge in [0.2, 0.25) is 0 Å². The van der Waals surface area contributed by atoms with Crippen molar-refractivity contribution < 1.29 is 47.7 Å². The molecule has 200 valence electrons. The van der Waals surface area contributed by atoms with Crippen LogP contribution in [-0.4, -0.2) is 77.1 Å². The molecular formula is C22H32FN4O8P. The van der Waals surface area contributed by atoms with Gasteiger partial charge in [-0.1, -0.05) is 18.2 Å². The average Bonchev–Trinajstić information content (AvgIpc) is 3.01. The van der Waals surface area contributed by atoms with E-state index in [1.807, 2.05) is 0 Å². The standard InChI is InChI=1S/C22H32FN4O8P/c1-13(2)33-19(29)14(3)26-36(31,35-15-8-6-5-7-9-15)32-12-16-18(28)22(4,23)20(34-16)27-11-10-17(24)25-21(27)30/h5-9,13-14,16,18,20,28H,10-12H2,1-4H3,(H,26,31)(H2,24,25,30)/t14-,16+,18+,20+,22+,36-/m0/s1/i11D2,12D2. The van der Waals surface area contributed by atoms with E-state index in [2.05, 4.69) is 10.1 Å². The highest BCUT2D eigenvalue weighted by Crippen LogP contribution is 2.46. The number of amidine groups is 1. The van der Waals surface area contributed by atoms with Crippen LogP contribution in [0.15, 0.2) is 35.3 Å². The summed E-state index contributed by atoms with van der Waals surface area (Å²) >= 11 is 0. The van der Waals surface area contributed by atoms with Gasteiger partial charge in [0, 0.05) is 12.9 Å². The molecule has 1 aromatic carbocycles. The zero-order valence-electron chi connectivity index (χ0n) is 24.1. The van der Waals surface area contributed by atoms with Crippen molar-refractivity contribution in [1.29, 1.82) is 0 Å². The SMILES string of the molecule is [2H]C([2H])(O[P@@](=O)(N[C@@H](C)C(=O)OC(C)C)Oc1ccccc1)[C@H]1O[C@@H](N2C(=O)N=C(N)CC2([2H])[2H])[C@](C)(F)[C@@H]1O. The normalized spacial score (nSPS) is 32.4. The van der Waals surface area contributed by atoms with Crippen LogP contribution in [0.25, 0.3) is 0 Å². The number of nitrogens with one attached hydrogen (secondary N) is 1. The minimum atomic E-state index is -4.87. The van der Waals surface area contributed by atoms with Crippen LogP contribution in [0, 0.1) is 0 Å². The molecule has 2 heterocycles. The lowest BCUT2D eigenvalue weighted by Gasteiger charge is -2.34. The van der Waals surface area contributed by atoms with Crippen LogP contribution in [0.2, 0.25) is 0 Å². The monoisotopic (exact) mass is 534 g/mol. The molecule has 1 fully saturated rings. The maximum atomic E-state index is 15.9. The van der Waals surface area contributed by atoms with Gasteiger partial charge in [-0.2, -0.15) is 10.1 Å². The first-order chi connectivity index (χ1) is 18.3. The summed E-state index contributed by atoms with van der Waals surface area (Å²) in [5, 5.41) is 13.0. The minimum absolute atomic E-state index is 0.0535. The summed E-state index contributed by atoms with van der Waals surface area (Å²) in [5.41, 5.74) is 2.53. The number of aliphatic hydroxyl groups is 1. The van der Waals surface area contributed by atoms with Crippen molar-refractivity contribution in [2.45, 2.75) is 70.4 Å². The quantitative estimate of drug-likeness (QED) is 0.299. The van der Waals surface area contributed by atoms with Crippen LogP contribution in [0.3, 0.4) is 0 Å². The van der Waals surface area contributed by atoms with Gasteiger partial charge < -0.3 is 24.8 Å². The predicted octanol–water partition coefficient (Wildman–Crippen LogP) is 2.12. The van der Waals surface area contributed by atoms with E-state index < -0.39 is 75.5 Å². The number of alkyl halides is 1. The van der Waals surface area contributed by atoms with Gasteiger partial charge in [-0.15, -0.1) is 0 Å². The maximum Gasteiger partial charge on any atom is 0.459 e. The van der Waals surface area contributed by atoms with Gasteiger partial charge in [-0.05, 0) is 39.8 Å². The second kappa shape index (κ2) is 11.2. The Balaban J connectivity index is 1.93. The zero-order chi connectivity index (χ0) is 30.3. The molecule has 0 radical (unpaired) electrons. The molecule has 2 aliphatic heterocycles. The number of aliphatic hydroxyl groups excluding tert-OH is 1. The number of nitrogens with two attached hydrogens (primary N) is 1. The Hall–Kier alpha value is -2.57. The molecule has 0 bridgehead atoms. The summed E-state index contributed by atoms with van der Waals surface area (Å²) in [6.45, 7) is -0.727. The van der Waals surface area contributed by atoms with E-state index in [0.29, 0.717) is 0 Å². The average molecular weight is 535 g/mol. The summed E-state index contributed by atoms with van der Waals surface area (Å²) in [7, 11) is -4.87. The number of nitrogens with zero attached hydrogens (tertiary/aromatic N) is 2. The second-order valence-corrected chi connectivity index (χ2v) is 10.2. The summed E-state index contributed by atoms with van der Waals surface area (Å²) in [6.07, 6.45) is -7.96. The molecule has 2 amide bonds. The Morgan fingerprint density at radius 3 is 2.75 bits per heavy atom. The summed E-state index contributed by atoms with van der Waals surface area (Å²) < 4.78 is 83.9. The molecule has 0 saturated carbocycles. The van der Waals surface area contributed by atoms with Crippen LogP contribution >= 0.6 is 7.75 Å². The maximum absolute atomic E-state index is 15.9. The molecule has 14 heteroatoms. The molecule has 12 nitrogen and oxygen atoms in total. The van der Waals surface area contributed by atoms with Gasteiger partial charge in [-0.25, -0.2) is 13.8 Å². The van der Waals surface area contributed by atoms with Gasteiger partial charge in [0.1, 0.15) is 29.8 Å². The molecule has 3 rings (SSSR count). The number of carbonyl (C=O) groups is 2. The van der Waals surface area contributed by atoms with E-state index >= 15 is 4.39 Å². The summed E-state index contributed by atoms with van der Waals surface area (Å²) in [4.78, 5) is 28.6. The number of amides is 2. The number of halogens is 1. The van der Waals surface area contributed by atoms with E-state index in [0.717, 1.165) is 6.92 Å². The van der Waals surface area contributed by atoms with Crippen molar-refractivity contribution in [2.24, 2.45) is 10.7 Å². The molecule has 0 aliphatic carbocycles. The number of rotatable bonds is 10. The largest absolute Gasteiger partial charge is 0.462 e. The second-order valence-electron chi connectivity index (χ2n) is 8.54. The molecule has 1 saturated heterocycles. The van der Waals surface area contributed by atoms with Crippen LogP contribution in [0.5, 0.6) is 5.75 Å². The molecule has 0 aromatic heterocycles. The number of ether oxygens (including phenoxy) is 2. The third kappa shape index (κ3) is 6.60. The molecule has 2 aliphatic rings. The van der Waals surface area contributed by atoms with Gasteiger partial charge in [0.05, 0.1) is 18.1 Å². The van der Waals surface area contributed by atoms with E-state index in [-0.39, 0.29) is 16.5 Å². The van der Waals surface area contributed by atoms with E-state index in [4.69, 9.17) is 29.7 Å². The zero-order valence-corrected chi connectivity index (χ0v) is 21.0. The Morgan fingerprint density at radius 1 is 1.47 bits per heavy atom. The van der Waals surface area contributed by atoms with Crippen molar-refractivity contribution in [3.63, 3.8) is 0 Å². The van der Waals surface area contributed by atoms with Crippen LogP contribution < -0.4 is 15.3 Å². The highest BCUT2D eigenvalue weighted by molar-refractivity contribution is 7.52. The Kier molecular flexibility index (Phi) is 7.05. The Morgan fingerprint density at radius 2 is 2.14 bits per heavy atom. The van der Waals surface area contributed by atoms with Crippen molar-refractivity contribution in [3.05, 3.63) is 30.3 Å². The third-order valence-electron chi connectivity index (χ3n) is 5.05. The number of aliphatic imine (C=N–C) groups is 1. The number of carbonyl (C=O) groups excluding carboxylic acids is 2. The van der Waals surface area contributed by atoms with Crippen LogP contribution in [-0.2, 0) is 23.4 Å². The first-order valence-electron chi connectivity index (χ1n) is 13.0. The number of urea groups is 1. The van der Waals surface area contributed by atoms with Crippen molar-refractivity contribution >= 4 is 25.6 Å². The van der Waals surface area contributed by atoms with Gasteiger partial charge in [-0.3, -0.25) is 14.2 Å². The van der Waals surface area contributed by atoms with Crippen molar-refractivity contribution in [2.75, 3.05) is 13.1 Å². The van der Waals surface area contributed by atoms with Crippen LogP contribution in [0.4, 0.5) is 9.18 Å². The first-order valence-corrected chi connectivity index (χ1v) is 12.6. The summed E-state index contributed by atoms with van der Waals surface area (Å²) in [6, 6.07) is 4.75. The molecule has 0 spiro atoms. The fourth-order valence-corrected chi connectivity index (χ4v) is 4.63. The predicted molar refractivity (Wildman–Crippen MR) is 127 cm³/mol. The number of esters is 1. The fraction of sp³-hybridized carbons (Fsp3) is 0.591. The van der Waals surface area contributed by atoms with Gasteiger partial charge >= 0.3 is 19.7 Å². The number of para-hydroxylation sites is 1. The lowest BCUT2D eigenvalue weighted by Crippen LogP contribution is -2.54. The van der Waals surface area contributed by atoms with E-state index in [1.165, 1.54) is 31.2 Å². The Bertz CT molecular complexity index is 1190.